The van der Waals surface area contributed by atoms with Crippen LogP contribution in [0.5, 0.6) is 0 Å². The number of rotatable bonds is 9. The van der Waals surface area contributed by atoms with Crippen molar-refractivity contribution in [3.8, 4) is 0 Å². The van der Waals surface area contributed by atoms with Gasteiger partial charge < -0.3 is 26.0 Å². The first-order chi connectivity index (χ1) is 19.9. The van der Waals surface area contributed by atoms with Crippen molar-refractivity contribution >= 4 is 56.8 Å². The minimum absolute atomic E-state index is 0.0959. The molecule has 1 fully saturated rings. The quantitative estimate of drug-likeness (QED) is 0.155. The number of amides is 2. The van der Waals surface area contributed by atoms with Gasteiger partial charge in [-0.3, -0.25) is 15.0 Å². The fourth-order valence-electron chi connectivity index (χ4n) is 4.19. The number of piperidine rings is 1. The van der Waals surface area contributed by atoms with Gasteiger partial charge in [-0.2, -0.15) is 35.1 Å². The first-order valence-corrected chi connectivity index (χ1v) is 12.9. The van der Waals surface area contributed by atoms with Gasteiger partial charge in [-0.15, -0.1) is 0 Å². The summed E-state index contributed by atoms with van der Waals surface area (Å²) in [6.07, 6.45) is -15.6. The summed E-state index contributed by atoms with van der Waals surface area (Å²) in [5, 5.41) is 23.1. The van der Waals surface area contributed by atoms with Gasteiger partial charge in [0, 0.05) is 54.0 Å². The van der Waals surface area contributed by atoms with Gasteiger partial charge in [0.25, 0.3) is 11.8 Å². The van der Waals surface area contributed by atoms with Crippen molar-refractivity contribution in [1.29, 1.82) is 5.41 Å². The molecule has 9 nitrogen and oxygen atoms in total. The van der Waals surface area contributed by atoms with E-state index in [-0.39, 0.29) is 28.0 Å². The molecule has 0 aliphatic carbocycles. The number of pyridine rings is 1. The third-order valence-electron chi connectivity index (χ3n) is 6.12. The molecule has 5 N–H and O–H groups in total. The van der Waals surface area contributed by atoms with E-state index in [0.717, 1.165) is 0 Å². The maximum Gasteiger partial charge on any atom is 0.433 e. The zero-order chi connectivity index (χ0) is 32.3. The van der Waals surface area contributed by atoms with Crippen LogP contribution in [-0.2, 0) is 15.8 Å². The zero-order valence-corrected chi connectivity index (χ0v) is 23.0. The van der Waals surface area contributed by atoms with Gasteiger partial charge in [0.2, 0.25) is 0 Å². The summed E-state index contributed by atoms with van der Waals surface area (Å²) in [6, 6.07) is 2.40. The Balaban J connectivity index is 1.88. The predicted octanol–water partition coefficient (Wildman–Crippen LogP) is 4.28. The Morgan fingerprint density at radius 2 is 1.79 bits per heavy atom. The molecule has 3 rings (SSSR count). The minimum Gasteiger partial charge on any atom is -0.387 e. The Morgan fingerprint density at radius 1 is 1.14 bits per heavy atom. The molecule has 1 saturated heterocycles. The molecule has 3 atom stereocenters. The number of aromatic nitrogens is 1. The van der Waals surface area contributed by atoms with E-state index in [1.807, 2.05) is 5.32 Å². The highest BCUT2D eigenvalue weighted by Gasteiger charge is 2.38. The molecule has 2 amide bonds. The van der Waals surface area contributed by atoms with E-state index in [4.69, 9.17) is 33.7 Å². The number of anilines is 1. The molecule has 0 radical (unpaired) electrons. The van der Waals surface area contributed by atoms with Crippen LogP contribution in [-0.4, -0.2) is 82.4 Å². The van der Waals surface area contributed by atoms with Crippen molar-refractivity contribution in [1.82, 2.24) is 20.5 Å². The lowest BCUT2D eigenvalue weighted by molar-refractivity contribution is -0.201. The molecule has 236 valence electrons. The number of carbonyl (C=O) groups excluding carboxylic acids is 2. The number of nitrogens with one attached hydrogen (secondary N) is 4. The van der Waals surface area contributed by atoms with Crippen LogP contribution in [0.3, 0.4) is 0 Å². The molecule has 0 saturated carbocycles. The number of fused-ring (bicyclic) bond motifs is 1. The van der Waals surface area contributed by atoms with Gasteiger partial charge in [-0.25, -0.2) is 4.98 Å². The maximum atomic E-state index is 13.5. The summed E-state index contributed by atoms with van der Waals surface area (Å²) < 4.78 is 105. The summed E-state index contributed by atoms with van der Waals surface area (Å²) in [7, 11) is 0. The number of hydrogen-bond acceptors (Lipinski definition) is 7. The van der Waals surface area contributed by atoms with Crippen LogP contribution < -0.4 is 16.0 Å². The van der Waals surface area contributed by atoms with Gasteiger partial charge in [0.05, 0.1) is 11.1 Å². The van der Waals surface area contributed by atoms with Crippen LogP contribution in [0.4, 0.5) is 40.8 Å². The van der Waals surface area contributed by atoms with Crippen molar-refractivity contribution in [2.75, 3.05) is 25.0 Å². The summed E-state index contributed by atoms with van der Waals surface area (Å²) in [5.74, 6) is -2.78. The second-order valence-electron chi connectivity index (χ2n) is 9.34. The van der Waals surface area contributed by atoms with Crippen LogP contribution in [0, 0.1) is 5.41 Å². The molecule has 0 spiro atoms. The SMILES string of the molecule is N=C(Cl)/C(=C\NC[C@H](O)C(F)(F)F)C(=O)N[C@H]1C[C@@H](Nc2cc(C(F)(F)F)nc3ccc(Cl)cc23)CN(C(=O)C(F)F)C1. The van der Waals surface area contributed by atoms with Crippen molar-refractivity contribution in [2.24, 2.45) is 0 Å². The number of alkyl halides is 8. The molecule has 2 aromatic rings. The fraction of sp³-hybridized carbons (Fsp3) is 0.417. The fourth-order valence-corrected chi connectivity index (χ4v) is 4.50. The van der Waals surface area contributed by atoms with Crippen LogP contribution in [0.2, 0.25) is 5.02 Å². The van der Waals surface area contributed by atoms with Gasteiger partial charge in [-0.05, 0) is 30.7 Å². The normalized spacial score (nSPS) is 18.9. The number of aliphatic hydroxyl groups excluding tert-OH is 1. The maximum absolute atomic E-state index is 13.5. The molecule has 1 aliphatic rings. The Bertz CT molecular complexity index is 1410. The molecule has 1 aliphatic heterocycles. The lowest BCUT2D eigenvalue weighted by Gasteiger charge is -2.39. The number of halogens is 10. The van der Waals surface area contributed by atoms with Crippen LogP contribution in [0.15, 0.2) is 36.0 Å². The summed E-state index contributed by atoms with van der Waals surface area (Å²) in [6.45, 7) is -1.99. The molecule has 0 unspecified atom stereocenters. The lowest BCUT2D eigenvalue weighted by atomic mass is 9.99. The number of nitrogens with zero attached hydrogens (tertiary/aromatic N) is 2. The number of hydrogen-bond donors (Lipinski definition) is 5. The Hall–Kier alpha value is -3.44. The zero-order valence-electron chi connectivity index (χ0n) is 21.5. The minimum atomic E-state index is -4.98. The van der Waals surface area contributed by atoms with E-state index in [1.54, 1.807) is 0 Å². The van der Waals surface area contributed by atoms with E-state index in [0.29, 0.717) is 17.2 Å². The third-order valence-corrected chi connectivity index (χ3v) is 6.56. The molecule has 19 heteroatoms. The van der Waals surface area contributed by atoms with Gasteiger partial charge in [-0.1, -0.05) is 23.2 Å². The standard InChI is InChI=1S/C24H22Cl2F8N6O3/c25-10-1-2-15-13(3-10)16(5-17(39-15)23(29,30)31)37-11-4-12(9-40(8-11)22(43)20(27)28)38-21(42)14(19(26)35)6-36-7-18(41)24(32,33)34/h1-3,5-6,11-12,18,20,35-36,41H,4,7-9H2,(H,37,39)(H,38,42)/b14-6+,35-19?/t11-,12+,18+/m1/s1. The lowest BCUT2D eigenvalue weighted by Crippen LogP contribution is -2.57. The molecule has 1 aromatic heterocycles. The second-order valence-corrected chi connectivity index (χ2v) is 10.2. The topological polar surface area (TPSA) is 130 Å². The Labute approximate surface area is 247 Å². The molecule has 1 aromatic carbocycles. The average Bonchev–Trinajstić information content (AvgIpc) is 2.89. The van der Waals surface area contributed by atoms with E-state index >= 15 is 0 Å². The van der Waals surface area contributed by atoms with Crippen molar-refractivity contribution in [2.45, 2.75) is 43.4 Å². The van der Waals surface area contributed by atoms with E-state index in [2.05, 4.69) is 15.6 Å². The highest BCUT2D eigenvalue weighted by Crippen LogP contribution is 2.35. The smallest absolute Gasteiger partial charge is 0.387 e. The van der Waals surface area contributed by atoms with Crippen molar-refractivity contribution < 1.29 is 49.8 Å². The first-order valence-electron chi connectivity index (χ1n) is 12.1. The second kappa shape index (κ2) is 13.5. The van der Waals surface area contributed by atoms with E-state index in [9.17, 15) is 44.7 Å². The third kappa shape index (κ3) is 9.03. The van der Waals surface area contributed by atoms with Crippen molar-refractivity contribution in [3.63, 3.8) is 0 Å². The van der Waals surface area contributed by atoms with E-state index in [1.165, 1.54) is 18.2 Å². The number of carbonyl (C=O) groups is 2. The van der Waals surface area contributed by atoms with Gasteiger partial charge in [0.15, 0.2) is 6.10 Å². The van der Waals surface area contributed by atoms with Gasteiger partial charge >= 0.3 is 18.8 Å². The summed E-state index contributed by atoms with van der Waals surface area (Å²) >= 11 is 11.6. The number of benzene rings is 1. The van der Waals surface area contributed by atoms with Crippen molar-refractivity contribution in [3.05, 3.63) is 46.8 Å². The molecular weight excluding hydrogens is 643 g/mol. The summed E-state index contributed by atoms with van der Waals surface area (Å²) in [4.78, 5) is 29.2. The molecule has 0 bridgehead atoms. The molecule has 2 heterocycles. The summed E-state index contributed by atoms with van der Waals surface area (Å²) in [5.41, 5.74) is -2.20. The van der Waals surface area contributed by atoms with Crippen LogP contribution in [0.1, 0.15) is 12.1 Å². The first kappa shape index (κ1) is 34.1. The monoisotopic (exact) mass is 664 g/mol. The van der Waals surface area contributed by atoms with Gasteiger partial charge in [0.1, 0.15) is 10.9 Å². The van der Waals surface area contributed by atoms with Crippen LogP contribution in [0.25, 0.3) is 10.9 Å². The highest BCUT2D eigenvalue weighted by molar-refractivity contribution is 6.71. The largest absolute Gasteiger partial charge is 0.433 e. The van der Waals surface area contributed by atoms with Crippen LogP contribution >= 0.6 is 23.2 Å². The predicted molar refractivity (Wildman–Crippen MR) is 140 cm³/mol. The molecular formula is C24H22Cl2F8N6O3. The number of likely N-dealkylation sites (tertiary alicyclic amines) is 1. The average molecular weight is 665 g/mol. The van der Waals surface area contributed by atoms with E-state index < -0.39 is 84.9 Å². The molecule has 43 heavy (non-hydrogen) atoms. The Morgan fingerprint density at radius 3 is 2.37 bits per heavy atom. The Kier molecular flexibility index (Phi) is 10.7. The number of aliphatic hydroxyl groups is 1. The highest BCUT2D eigenvalue weighted by atomic mass is 35.5.